The maximum Gasteiger partial charge on any atom is 0.364 e. The minimum absolute atomic E-state index is 0.797. The van der Waals surface area contributed by atoms with Crippen molar-refractivity contribution in [1.29, 1.82) is 0 Å². The van der Waals surface area contributed by atoms with Crippen molar-refractivity contribution in [3.8, 4) is 0 Å². The van der Waals surface area contributed by atoms with Crippen LogP contribution in [-0.4, -0.2) is 626 Å². The first-order chi connectivity index (χ1) is 67.6. The number of hydrogen-bond donors (Lipinski definition) is 40. The average molecular weight is 2110 g/mol. The molecule has 10 saturated heterocycles. The van der Waals surface area contributed by atoms with Crippen LogP contribution >= 0.6 is 0 Å². The van der Waals surface area contributed by atoms with Crippen molar-refractivity contribution in [3.63, 3.8) is 0 Å². The first kappa shape index (κ1) is 120. The van der Waals surface area contributed by atoms with Gasteiger partial charge in [-0.1, -0.05) is 0 Å². The van der Waals surface area contributed by atoms with Crippen LogP contribution in [0.25, 0.3) is 0 Å². The first-order valence-corrected chi connectivity index (χ1v) is 44.7. The molecule has 10 aliphatic rings. The summed E-state index contributed by atoms with van der Waals surface area (Å²) in [7, 11) is 0. The highest BCUT2D eigenvalue weighted by atomic mass is 16.8. The number of aliphatic carboxylic acids is 4. The van der Waals surface area contributed by atoms with E-state index in [4.69, 9.17) is 90.0 Å². The van der Waals surface area contributed by atoms with Crippen LogP contribution < -0.4 is 16.0 Å². The minimum atomic E-state index is -3.71. The molecule has 832 valence electrons. The Bertz CT molecular complexity index is 4150. The van der Waals surface area contributed by atoms with Crippen molar-refractivity contribution in [1.82, 2.24) is 16.0 Å². The third-order valence-corrected chi connectivity index (χ3v) is 25.9. The van der Waals surface area contributed by atoms with Gasteiger partial charge in [0.25, 0.3) is 23.1 Å². The molecule has 0 aliphatic carbocycles. The number of nitrogens with one attached hydrogen (secondary N) is 3. The minimum Gasteiger partial charge on any atom is -0.477 e. The van der Waals surface area contributed by atoms with Crippen molar-refractivity contribution < 1.29 is 313 Å². The van der Waals surface area contributed by atoms with Gasteiger partial charge >= 0.3 is 23.9 Å². The molecule has 0 saturated carbocycles. The molecule has 0 aromatic rings. The molecular formula is C78H127N3O63. The fourth-order valence-electron chi connectivity index (χ4n) is 18.4. The van der Waals surface area contributed by atoms with Crippen LogP contribution in [0, 0.1) is 0 Å². The van der Waals surface area contributed by atoms with E-state index >= 15 is 0 Å². The van der Waals surface area contributed by atoms with Crippen LogP contribution in [0.4, 0.5) is 0 Å². The lowest BCUT2D eigenvalue weighted by Crippen LogP contribution is -2.72. The van der Waals surface area contributed by atoms with Crippen molar-refractivity contribution in [3.05, 3.63) is 0 Å². The Morgan fingerprint density at radius 2 is 0.688 bits per heavy atom. The molecule has 10 heterocycles. The Morgan fingerprint density at radius 1 is 0.306 bits per heavy atom. The molecule has 3 amide bonds. The number of carboxylic acids is 4. The molecule has 0 bridgehead atoms. The second-order valence-corrected chi connectivity index (χ2v) is 35.9. The highest BCUT2D eigenvalue weighted by Crippen LogP contribution is 2.47. The van der Waals surface area contributed by atoms with Crippen LogP contribution in [0.2, 0.25) is 0 Å². The molecule has 10 aliphatic heterocycles. The lowest BCUT2D eigenvalue weighted by atomic mass is 9.87. The molecule has 0 radical (unpaired) electrons. The van der Waals surface area contributed by atoms with Crippen molar-refractivity contribution in [2.45, 2.75) is 376 Å². The fourth-order valence-corrected chi connectivity index (χ4v) is 18.4. The quantitative estimate of drug-likeness (QED) is 0.0270. The van der Waals surface area contributed by atoms with Gasteiger partial charge < -0.3 is 295 Å². The van der Waals surface area contributed by atoms with Gasteiger partial charge in [-0.3, -0.25) is 14.4 Å². The van der Waals surface area contributed by atoms with E-state index in [1.54, 1.807) is 0 Å². The first-order valence-electron chi connectivity index (χ1n) is 44.7. The summed E-state index contributed by atoms with van der Waals surface area (Å²) in [5, 5.41) is 421. The van der Waals surface area contributed by atoms with E-state index in [0.29, 0.717) is 0 Å². The molecule has 40 N–H and O–H groups in total. The van der Waals surface area contributed by atoms with Crippen LogP contribution in [-0.2, 0) is 124 Å². The van der Waals surface area contributed by atoms with Crippen LogP contribution in [0.1, 0.15) is 46.5 Å². The van der Waals surface area contributed by atoms with Gasteiger partial charge in [-0.2, -0.15) is 0 Å². The third-order valence-electron chi connectivity index (χ3n) is 25.9. The number of carbonyl (C=O) groups is 7. The molecule has 54 atom stereocenters. The molecule has 0 unspecified atom stereocenters. The van der Waals surface area contributed by atoms with Crippen molar-refractivity contribution in [2.24, 2.45) is 0 Å². The summed E-state index contributed by atoms with van der Waals surface area (Å²) in [6, 6.07) is -6.14. The summed E-state index contributed by atoms with van der Waals surface area (Å²) in [4.78, 5) is 91.8. The highest BCUT2D eigenvalue weighted by molar-refractivity contribution is 5.79. The van der Waals surface area contributed by atoms with Crippen molar-refractivity contribution in [2.75, 3.05) is 66.1 Å². The van der Waals surface area contributed by atoms with E-state index in [2.05, 4.69) is 16.0 Å². The molecule has 0 aromatic carbocycles. The molecule has 0 spiro atoms. The van der Waals surface area contributed by atoms with Gasteiger partial charge in [-0.15, -0.1) is 0 Å². The lowest BCUT2D eigenvalue weighted by Gasteiger charge is -2.53. The second kappa shape index (κ2) is 50.2. The van der Waals surface area contributed by atoms with Gasteiger partial charge in [0.15, 0.2) is 37.7 Å². The van der Waals surface area contributed by atoms with E-state index < -0.39 is 463 Å². The smallest absolute Gasteiger partial charge is 0.364 e. The number of amides is 3. The number of carboxylic acid groups (broad SMARTS) is 4. The monoisotopic (exact) mass is 2110 g/mol. The zero-order valence-electron chi connectivity index (χ0n) is 75.9. The predicted octanol–water partition coefficient (Wildman–Crippen LogP) is -25.5. The summed E-state index contributed by atoms with van der Waals surface area (Å²) < 4.78 is 111. The van der Waals surface area contributed by atoms with Crippen molar-refractivity contribution >= 4 is 41.6 Å². The number of aliphatic hydroxyl groups excluding tert-OH is 32. The molecule has 10 rings (SSSR count). The van der Waals surface area contributed by atoms with E-state index in [-0.39, 0.29) is 0 Å². The largest absolute Gasteiger partial charge is 0.477 e. The molecule has 144 heavy (non-hydrogen) atoms. The summed E-state index contributed by atoms with van der Waals surface area (Å²) in [6.45, 7) is -11.6. The Kier molecular flexibility index (Phi) is 41.9. The van der Waals surface area contributed by atoms with Gasteiger partial charge in [0, 0.05) is 46.5 Å². The number of ether oxygens (including phenoxy) is 19. The molecule has 0 aromatic heterocycles. The average Bonchev–Trinajstić information content (AvgIpc) is 0.739. The summed E-state index contributed by atoms with van der Waals surface area (Å²) in [5.41, 5.74) is 0. The van der Waals surface area contributed by atoms with Gasteiger partial charge in [-0.25, -0.2) is 19.2 Å². The summed E-state index contributed by atoms with van der Waals surface area (Å²) in [6.07, 6.45) is -123. The highest BCUT2D eigenvalue weighted by Gasteiger charge is 2.68. The van der Waals surface area contributed by atoms with E-state index in [0.717, 1.165) is 20.8 Å². The Labute approximate surface area is 809 Å². The normalized spacial score (nSPS) is 45.7. The van der Waals surface area contributed by atoms with E-state index in [9.17, 15) is 223 Å². The van der Waals surface area contributed by atoms with Gasteiger partial charge in [-0.05, 0) is 0 Å². The molecule has 66 nitrogen and oxygen atoms in total. The molecule has 10 fully saturated rings. The lowest BCUT2D eigenvalue weighted by molar-refractivity contribution is -0.417. The Hall–Kier alpha value is -5.79. The zero-order valence-corrected chi connectivity index (χ0v) is 75.9. The van der Waals surface area contributed by atoms with Crippen LogP contribution in [0.3, 0.4) is 0 Å². The third kappa shape index (κ3) is 25.4. The van der Waals surface area contributed by atoms with Crippen LogP contribution in [0.5, 0.6) is 0 Å². The van der Waals surface area contributed by atoms with Gasteiger partial charge in [0.2, 0.25) is 17.7 Å². The summed E-state index contributed by atoms with van der Waals surface area (Å²) in [5.74, 6) is -26.8. The number of rotatable bonds is 43. The zero-order chi connectivity index (χ0) is 107. The predicted molar refractivity (Wildman–Crippen MR) is 433 cm³/mol. The number of aliphatic hydroxyl groups is 33. The van der Waals surface area contributed by atoms with E-state index in [1.807, 2.05) is 0 Å². The second-order valence-electron chi connectivity index (χ2n) is 35.9. The fraction of sp³-hybridized carbons (Fsp3) is 0.910. The van der Waals surface area contributed by atoms with Gasteiger partial charge in [0.1, 0.15) is 232 Å². The maximum absolute atomic E-state index is 13.8. The Morgan fingerprint density at radius 3 is 1.19 bits per heavy atom. The standard InChI is InChI=1S/C78H127N3O63/c1-18(92)79-35-21(95)4-76(72(119)120,142-59(35)39(104)24(98)8-82)139-33(16-90)43(108)60-36(80-19(2)93)22(96)5-78(143-60,74(123)124)144-62-42(107)32(15-89)128-68(50(62)115)134-58-37(81-20(3)94)65(126-31(14-88)41(58)106)132-56-34(17-91)129-67(47(112)45(56)110)135-61-48(113)52(25(99)9-83)130-69(49(61)114)136-63-51(116)70(131-54(27(101)11-85)64(63)137-66-46(111)44(109)40(105)30(13-87)127-66)133-57-29(7-75(125,71(117)118)140-55(57)28(102)12-86)138-77(73(121)122)6-23(97)38(103)53(141-77)26(100)10-84/h21-70,82-91,95-116,125H,4-17H2,1-3H3,(H,79,92)(H,80,93)(H,81,94)(H,117,118)(H,119,120)(H,121,122)(H,123,124)/t21-,22-,23+,24+,25-,26+,27-,28+,29+,30+,31+,32+,33+,34+,35+,36+,37+,38+,39+,40+,41-,42-,43+,44-,45+,46-,47+,48+,49-,50+,51-,52+,53+,54+,55+,56-,57+,58+,59+,60+,61-,62-,63+,64+,65-,66-,67-,68-,69+,70+,75+,76+,77+,78-/m0/s1. The summed E-state index contributed by atoms with van der Waals surface area (Å²) >= 11 is 0. The topological polar surface area (TPSA) is 1080 Å². The number of carbonyl (C=O) groups excluding carboxylic acids is 3. The van der Waals surface area contributed by atoms with E-state index in [1.165, 1.54) is 0 Å². The van der Waals surface area contributed by atoms with Gasteiger partial charge in [0.05, 0.1) is 103 Å². The molecule has 66 heteroatoms. The molecular weight excluding hydrogens is 1990 g/mol. The maximum atomic E-state index is 13.8. The SMILES string of the molecule is CC(=O)N[C@H]1[C@H](O[C@@H]2[C@H](O)[C@@H](O)[C@H](O[C@@H]3[C@H](O)[C@@H](O[C@@H]4[C@H](O)[C@@H](O[C@H]5[C@@H]([C@H](O)CO)O[C@@](O)(C(=O)O)C[C@H]5O[C@]5(C(=O)O)C[C@@H](O)[C@@H](O)[C@@H]([C@H](O)CO)O5)O[C@H]([C@@H](O)CO)[C@H]4O[C@@H]4O[C@H](CO)[C@@H](O)[C@H](O)[C@@H]4O)O[C@H]([C@@H](O)CO)[C@H]3O)O[C@@H]2CO)O[C@H](CO)[C@H](O)[C@@H]1O[C@@H]1O[C@H](CO)[C@H](O)[C@H](O[C@]2(C(=O)O)C[C@H](O)[C@@H](NC(C)=O)[C@H]([C@H](O)[C@@H](CO)O[C@]3(C(=O)O)C[C@H](O)[C@@H](NC(C)=O)[C@H]([C@H](O)[C@H](O)CO)O3)O2)[C@H]1O. The Balaban J connectivity index is 0.940. The number of hydrogen-bond acceptors (Lipinski definition) is 59. The van der Waals surface area contributed by atoms with Crippen LogP contribution in [0.15, 0.2) is 0 Å².